The van der Waals surface area contributed by atoms with E-state index in [1.54, 1.807) is 19.5 Å². The molecule has 0 radical (unpaired) electrons. The average molecular weight is 241 g/mol. The van der Waals surface area contributed by atoms with Gasteiger partial charge in [0.15, 0.2) is 0 Å². The van der Waals surface area contributed by atoms with Gasteiger partial charge in [-0.1, -0.05) is 18.2 Å². The Kier molecular flexibility index (Phi) is 2.72. The van der Waals surface area contributed by atoms with Gasteiger partial charge in [0.25, 0.3) is 0 Å². The van der Waals surface area contributed by atoms with E-state index in [-0.39, 0.29) is 6.04 Å². The quantitative estimate of drug-likeness (QED) is 0.874. The summed E-state index contributed by atoms with van der Waals surface area (Å²) in [5, 5.41) is 0. The van der Waals surface area contributed by atoms with E-state index in [1.165, 1.54) is 11.1 Å². The second-order valence-electron chi connectivity index (χ2n) is 4.43. The monoisotopic (exact) mass is 241 g/mol. The van der Waals surface area contributed by atoms with E-state index in [1.807, 2.05) is 6.07 Å². The molecule has 0 spiro atoms. The van der Waals surface area contributed by atoms with Crippen molar-refractivity contribution in [3.63, 3.8) is 0 Å². The summed E-state index contributed by atoms with van der Waals surface area (Å²) in [5.41, 5.74) is 10.5. The van der Waals surface area contributed by atoms with Crippen molar-refractivity contribution < 1.29 is 4.74 Å². The van der Waals surface area contributed by atoms with Gasteiger partial charge in [-0.15, -0.1) is 0 Å². The lowest BCUT2D eigenvalue weighted by Crippen LogP contribution is -2.05. The van der Waals surface area contributed by atoms with Gasteiger partial charge in [0.1, 0.15) is 5.69 Å². The van der Waals surface area contributed by atoms with Crippen LogP contribution in [0.15, 0.2) is 30.6 Å². The molecule has 0 fully saturated rings. The lowest BCUT2D eigenvalue weighted by Gasteiger charge is -2.11. The number of nitrogens with two attached hydrogens (primary N) is 1. The Labute approximate surface area is 106 Å². The van der Waals surface area contributed by atoms with Crippen LogP contribution in [0.5, 0.6) is 5.88 Å². The summed E-state index contributed by atoms with van der Waals surface area (Å²) in [5.74, 6) is 0.561. The van der Waals surface area contributed by atoms with Crippen LogP contribution < -0.4 is 10.5 Å². The van der Waals surface area contributed by atoms with Crippen LogP contribution in [0.1, 0.15) is 23.6 Å². The first kappa shape index (κ1) is 11.2. The first-order valence-electron chi connectivity index (χ1n) is 6.04. The Balaban J connectivity index is 2.19. The van der Waals surface area contributed by atoms with Crippen LogP contribution in [0.4, 0.5) is 0 Å². The zero-order valence-electron chi connectivity index (χ0n) is 10.3. The highest BCUT2D eigenvalue weighted by Crippen LogP contribution is 2.37. The van der Waals surface area contributed by atoms with Gasteiger partial charge in [0.2, 0.25) is 5.88 Å². The molecule has 18 heavy (non-hydrogen) atoms. The van der Waals surface area contributed by atoms with Crippen molar-refractivity contribution in [2.24, 2.45) is 5.73 Å². The summed E-state index contributed by atoms with van der Waals surface area (Å²) in [4.78, 5) is 8.60. The minimum absolute atomic E-state index is 0.141. The summed E-state index contributed by atoms with van der Waals surface area (Å²) in [7, 11) is 1.61. The highest BCUT2D eigenvalue weighted by atomic mass is 16.5. The van der Waals surface area contributed by atoms with Gasteiger partial charge < -0.3 is 10.5 Å². The van der Waals surface area contributed by atoms with Crippen molar-refractivity contribution >= 4 is 0 Å². The predicted octanol–water partition coefficient (Wildman–Crippen LogP) is 2.10. The second-order valence-corrected chi connectivity index (χ2v) is 4.43. The Morgan fingerprint density at radius 1 is 1.28 bits per heavy atom. The molecule has 1 aromatic carbocycles. The normalized spacial score (nSPS) is 17.6. The van der Waals surface area contributed by atoms with Crippen LogP contribution in [0.3, 0.4) is 0 Å². The van der Waals surface area contributed by atoms with Crippen molar-refractivity contribution in [1.82, 2.24) is 9.97 Å². The summed E-state index contributed by atoms with van der Waals surface area (Å²) in [6.45, 7) is 0. The van der Waals surface area contributed by atoms with Crippen molar-refractivity contribution in [2.45, 2.75) is 18.9 Å². The number of methoxy groups -OCH3 is 1. The molecule has 0 amide bonds. The Morgan fingerprint density at radius 2 is 2.11 bits per heavy atom. The number of hydrogen-bond acceptors (Lipinski definition) is 4. The lowest BCUT2D eigenvalue weighted by atomic mass is 10.00. The number of ether oxygens (including phenoxy) is 1. The van der Waals surface area contributed by atoms with E-state index < -0.39 is 0 Å². The van der Waals surface area contributed by atoms with Crippen LogP contribution in [-0.2, 0) is 6.42 Å². The van der Waals surface area contributed by atoms with Crippen molar-refractivity contribution in [3.8, 4) is 17.1 Å². The molecule has 0 bridgehead atoms. The molecule has 2 aromatic rings. The smallest absolute Gasteiger partial charge is 0.240 e. The Hall–Kier alpha value is -1.94. The molecule has 92 valence electrons. The van der Waals surface area contributed by atoms with Crippen molar-refractivity contribution in [2.75, 3.05) is 7.11 Å². The summed E-state index contributed by atoms with van der Waals surface area (Å²) in [6, 6.07) is 6.32. The maximum atomic E-state index is 6.10. The summed E-state index contributed by atoms with van der Waals surface area (Å²) < 4.78 is 5.28. The molecular weight excluding hydrogens is 226 g/mol. The molecular formula is C14H15N3O. The molecule has 1 unspecified atom stereocenters. The van der Waals surface area contributed by atoms with Gasteiger partial charge in [-0.2, -0.15) is 0 Å². The van der Waals surface area contributed by atoms with Gasteiger partial charge in [0.05, 0.1) is 7.11 Å². The maximum Gasteiger partial charge on any atom is 0.240 e. The number of fused-ring (bicyclic) bond motifs is 1. The molecule has 0 aliphatic heterocycles. The molecule has 1 aliphatic carbocycles. The van der Waals surface area contributed by atoms with Crippen molar-refractivity contribution in [3.05, 3.63) is 41.7 Å². The molecule has 1 atom stereocenters. The van der Waals surface area contributed by atoms with Crippen molar-refractivity contribution in [1.29, 1.82) is 0 Å². The number of benzene rings is 1. The number of nitrogens with zero attached hydrogens (tertiary/aromatic N) is 2. The third-order valence-electron chi connectivity index (χ3n) is 3.43. The molecule has 0 saturated heterocycles. The molecule has 3 rings (SSSR count). The van der Waals surface area contributed by atoms with Crippen LogP contribution in [0, 0.1) is 0 Å². The molecule has 4 heteroatoms. The van der Waals surface area contributed by atoms with Gasteiger partial charge in [-0.05, 0) is 24.0 Å². The standard InChI is InChI=1S/C14H15N3O/c1-18-14-13(16-7-8-17-14)11-4-2-3-10-9(11)5-6-12(10)15/h2-4,7-8,12H,5-6,15H2,1H3. The fourth-order valence-corrected chi connectivity index (χ4v) is 2.57. The molecule has 1 heterocycles. The van der Waals surface area contributed by atoms with E-state index in [4.69, 9.17) is 10.5 Å². The fourth-order valence-electron chi connectivity index (χ4n) is 2.57. The SMILES string of the molecule is COc1nccnc1-c1cccc2c1CCC2N. The van der Waals surface area contributed by atoms with Gasteiger partial charge in [0, 0.05) is 24.0 Å². The second kappa shape index (κ2) is 4.38. The zero-order valence-corrected chi connectivity index (χ0v) is 10.3. The number of hydrogen-bond donors (Lipinski definition) is 1. The zero-order chi connectivity index (χ0) is 12.5. The first-order chi connectivity index (χ1) is 8.81. The lowest BCUT2D eigenvalue weighted by molar-refractivity contribution is 0.397. The molecule has 4 nitrogen and oxygen atoms in total. The topological polar surface area (TPSA) is 61.0 Å². The van der Waals surface area contributed by atoms with Gasteiger partial charge >= 0.3 is 0 Å². The minimum Gasteiger partial charge on any atom is -0.479 e. The van der Waals surface area contributed by atoms with Crippen LogP contribution in [-0.4, -0.2) is 17.1 Å². The maximum absolute atomic E-state index is 6.10. The van der Waals surface area contributed by atoms with Gasteiger partial charge in [-0.3, -0.25) is 0 Å². The first-order valence-corrected chi connectivity index (χ1v) is 6.04. The number of rotatable bonds is 2. The Morgan fingerprint density at radius 3 is 2.94 bits per heavy atom. The van der Waals surface area contributed by atoms with E-state index in [2.05, 4.69) is 22.1 Å². The van der Waals surface area contributed by atoms with Crippen LogP contribution in [0.2, 0.25) is 0 Å². The van der Waals surface area contributed by atoms with Crippen LogP contribution >= 0.6 is 0 Å². The van der Waals surface area contributed by atoms with E-state index in [9.17, 15) is 0 Å². The van der Waals surface area contributed by atoms with Crippen LogP contribution in [0.25, 0.3) is 11.3 Å². The largest absolute Gasteiger partial charge is 0.479 e. The third kappa shape index (κ3) is 1.66. The molecule has 1 aliphatic rings. The van der Waals surface area contributed by atoms with E-state index in [0.29, 0.717) is 5.88 Å². The number of aromatic nitrogens is 2. The highest BCUT2D eigenvalue weighted by molar-refractivity contribution is 5.70. The molecule has 2 N–H and O–H groups in total. The fraction of sp³-hybridized carbons (Fsp3) is 0.286. The van der Waals surface area contributed by atoms with Gasteiger partial charge in [-0.25, -0.2) is 9.97 Å². The van der Waals surface area contributed by atoms with E-state index in [0.717, 1.165) is 24.1 Å². The Bertz CT molecular complexity index is 583. The third-order valence-corrected chi connectivity index (χ3v) is 3.43. The summed E-state index contributed by atoms with van der Waals surface area (Å²) in [6.07, 6.45) is 5.31. The minimum atomic E-state index is 0.141. The van der Waals surface area contributed by atoms with E-state index >= 15 is 0 Å². The summed E-state index contributed by atoms with van der Waals surface area (Å²) >= 11 is 0. The average Bonchev–Trinajstić information content (AvgIpc) is 2.81. The molecule has 1 aromatic heterocycles. The molecule has 0 saturated carbocycles. The highest BCUT2D eigenvalue weighted by Gasteiger charge is 2.23. The predicted molar refractivity (Wildman–Crippen MR) is 69.3 cm³/mol.